The molecule has 0 radical (unpaired) electrons. The van der Waals surface area contributed by atoms with Gasteiger partial charge in [0.25, 0.3) is 0 Å². The Morgan fingerprint density at radius 1 is 1.07 bits per heavy atom. The number of ether oxygens (including phenoxy) is 1. The van der Waals surface area contributed by atoms with Crippen LogP contribution in [0.3, 0.4) is 0 Å². The molecule has 0 saturated heterocycles. The van der Waals surface area contributed by atoms with Gasteiger partial charge >= 0.3 is 0 Å². The van der Waals surface area contributed by atoms with Crippen LogP contribution < -0.4 is 0 Å². The molecule has 0 atom stereocenters. The van der Waals surface area contributed by atoms with Crippen LogP contribution in [0.5, 0.6) is 0 Å². The van der Waals surface area contributed by atoms with Gasteiger partial charge in [0.05, 0.1) is 6.61 Å². The Morgan fingerprint density at radius 2 is 1.79 bits per heavy atom. The molecule has 0 aromatic rings. The highest BCUT2D eigenvalue weighted by molar-refractivity contribution is 6.17. The van der Waals surface area contributed by atoms with Crippen LogP contribution in [0.25, 0.3) is 0 Å². The van der Waals surface area contributed by atoms with E-state index in [9.17, 15) is 0 Å². The standard InChI is InChI=1S/C11H24ClNO/c1-3-14-11-10-13(2)9-7-5-4-6-8-12/h3-11H2,1-2H3. The molecule has 0 bridgehead atoms. The molecule has 0 spiro atoms. The van der Waals surface area contributed by atoms with E-state index in [1.165, 1.54) is 25.8 Å². The van der Waals surface area contributed by atoms with Crippen molar-refractivity contribution >= 4 is 11.6 Å². The molecule has 0 aliphatic rings. The van der Waals surface area contributed by atoms with E-state index >= 15 is 0 Å². The van der Waals surface area contributed by atoms with Crippen molar-refractivity contribution < 1.29 is 4.74 Å². The highest BCUT2D eigenvalue weighted by Gasteiger charge is 1.97. The summed E-state index contributed by atoms with van der Waals surface area (Å²) in [5.74, 6) is 0.806. The smallest absolute Gasteiger partial charge is 0.0593 e. The van der Waals surface area contributed by atoms with Crippen molar-refractivity contribution in [2.24, 2.45) is 0 Å². The first-order chi connectivity index (χ1) is 6.81. The molecule has 0 N–H and O–H groups in total. The first-order valence-electron chi connectivity index (χ1n) is 5.63. The molecule has 2 nitrogen and oxygen atoms in total. The van der Waals surface area contributed by atoms with Gasteiger partial charge in [-0.05, 0) is 33.4 Å². The molecule has 0 aromatic heterocycles. The molecule has 3 heteroatoms. The van der Waals surface area contributed by atoms with Crippen molar-refractivity contribution in [3.63, 3.8) is 0 Å². The number of hydrogen-bond donors (Lipinski definition) is 0. The summed E-state index contributed by atoms with van der Waals surface area (Å²) in [4.78, 5) is 2.33. The molecular formula is C11H24ClNO. The first-order valence-corrected chi connectivity index (χ1v) is 6.17. The molecule has 86 valence electrons. The van der Waals surface area contributed by atoms with Gasteiger partial charge in [-0.15, -0.1) is 11.6 Å². The molecule has 0 rings (SSSR count). The van der Waals surface area contributed by atoms with Crippen molar-refractivity contribution in [1.29, 1.82) is 0 Å². The SMILES string of the molecule is CCOCCN(C)CCCCCCCl. The predicted molar refractivity (Wildman–Crippen MR) is 63.2 cm³/mol. The molecule has 0 unspecified atom stereocenters. The van der Waals surface area contributed by atoms with E-state index in [4.69, 9.17) is 16.3 Å². The molecule has 0 aromatic carbocycles. The lowest BCUT2D eigenvalue weighted by molar-refractivity contribution is 0.121. The summed E-state index contributed by atoms with van der Waals surface area (Å²) < 4.78 is 5.29. The summed E-state index contributed by atoms with van der Waals surface area (Å²) >= 11 is 5.60. The van der Waals surface area contributed by atoms with Crippen LogP contribution in [0.1, 0.15) is 32.6 Å². The lowest BCUT2D eigenvalue weighted by Crippen LogP contribution is -2.24. The molecule has 0 amide bonds. The van der Waals surface area contributed by atoms with Gasteiger partial charge in [0.2, 0.25) is 0 Å². The number of likely N-dealkylation sites (N-methyl/N-ethyl adjacent to an activating group) is 1. The second-order valence-corrected chi connectivity index (χ2v) is 3.98. The molecule has 0 fully saturated rings. The van der Waals surface area contributed by atoms with Gasteiger partial charge in [0.15, 0.2) is 0 Å². The zero-order valence-corrected chi connectivity index (χ0v) is 10.4. The van der Waals surface area contributed by atoms with E-state index in [-0.39, 0.29) is 0 Å². The van der Waals surface area contributed by atoms with E-state index < -0.39 is 0 Å². The van der Waals surface area contributed by atoms with Crippen LogP contribution >= 0.6 is 11.6 Å². The Bertz CT molecular complexity index is 111. The summed E-state index contributed by atoms with van der Waals surface area (Å²) in [7, 11) is 2.15. The zero-order valence-electron chi connectivity index (χ0n) is 9.60. The van der Waals surface area contributed by atoms with Crippen LogP contribution in [0.2, 0.25) is 0 Å². The maximum Gasteiger partial charge on any atom is 0.0593 e. The second-order valence-electron chi connectivity index (χ2n) is 3.60. The average molecular weight is 222 g/mol. The van der Waals surface area contributed by atoms with Crippen molar-refractivity contribution in [2.75, 3.05) is 39.2 Å². The Balaban J connectivity index is 3.06. The number of unbranched alkanes of at least 4 members (excludes halogenated alkanes) is 3. The largest absolute Gasteiger partial charge is 0.380 e. The van der Waals surface area contributed by atoms with Crippen molar-refractivity contribution in [3.8, 4) is 0 Å². The Labute approximate surface area is 93.6 Å². The fourth-order valence-corrected chi connectivity index (χ4v) is 1.50. The maximum atomic E-state index is 5.60. The minimum Gasteiger partial charge on any atom is -0.380 e. The Hall–Kier alpha value is 0.210. The van der Waals surface area contributed by atoms with Crippen molar-refractivity contribution in [3.05, 3.63) is 0 Å². The predicted octanol–water partition coefficient (Wildman–Crippen LogP) is 2.75. The molecule has 14 heavy (non-hydrogen) atoms. The highest BCUT2D eigenvalue weighted by atomic mass is 35.5. The lowest BCUT2D eigenvalue weighted by atomic mass is 10.2. The van der Waals surface area contributed by atoms with Gasteiger partial charge in [-0.25, -0.2) is 0 Å². The summed E-state index contributed by atoms with van der Waals surface area (Å²) in [6, 6.07) is 0. The average Bonchev–Trinajstić information content (AvgIpc) is 2.18. The molecule has 0 aliphatic carbocycles. The van der Waals surface area contributed by atoms with E-state index in [2.05, 4.69) is 11.9 Å². The zero-order chi connectivity index (χ0) is 10.6. The number of nitrogens with zero attached hydrogens (tertiary/aromatic N) is 1. The molecule has 0 heterocycles. The van der Waals surface area contributed by atoms with Crippen LogP contribution in [0.4, 0.5) is 0 Å². The second kappa shape index (κ2) is 11.3. The minimum absolute atomic E-state index is 0.806. The van der Waals surface area contributed by atoms with Gasteiger partial charge in [-0.3, -0.25) is 0 Å². The van der Waals surface area contributed by atoms with Gasteiger partial charge in [-0.1, -0.05) is 12.8 Å². The Morgan fingerprint density at radius 3 is 2.43 bits per heavy atom. The van der Waals surface area contributed by atoms with E-state index in [0.29, 0.717) is 0 Å². The Kier molecular flexibility index (Phi) is 11.5. The quantitative estimate of drug-likeness (QED) is 0.416. The summed E-state index contributed by atoms with van der Waals surface area (Å²) in [5.41, 5.74) is 0. The lowest BCUT2D eigenvalue weighted by Gasteiger charge is -2.15. The minimum atomic E-state index is 0.806. The molecule has 0 saturated carbocycles. The number of rotatable bonds is 10. The van der Waals surface area contributed by atoms with Crippen molar-refractivity contribution in [1.82, 2.24) is 4.90 Å². The highest BCUT2D eigenvalue weighted by Crippen LogP contribution is 2.01. The first kappa shape index (κ1) is 14.2. The summed E-state index contributed by atoms with van der Waals surface area (Å²) in [6.45, 7) is 5.93. The monoisotopic (exact) mass is 221 g/mol. The van der Waals surface area contributed by atoms with E-state index in [1.54, 1.807) is 0 Å². The van der Waals surface area contributed by atoms with E-state index in [0.717, 1.165) is 32.1 Å². The fraction of sp³-hybridized carbons (Fsp3) is 1.00. The number of hydrogen-bond acceptors (Lipinski definition) is 2. The van der Waals surface area contributed by atoms with Crippen LogP contribution in [-0.4, -0.2) is 44.1 Å². The third kappa shape index (κ3) is 10.3. The van der Waals surface area contributed by atoms with Crippen molar-refractivity contribution in [2.45, 2.75) is 32.6 Å². The number of halogens is 1. The van der Waals surface area contributed by atoms with Crippen LogP contribution in [0, 0.1) is 0 Å². The van der Waals surface area contributed by atoms with Crippen LogP contribution in [0.15, 0.2) is 0 Å². The summed E-state index contributed by atoms with van der Waals surface area (Å²) in [6.07, 6.45) is 5.00. The van der Waals surface area contributed by atoms with E-state index in [1.807, 2.05) is 6.92 Å². The molecule has 0 aliphatic heterocycles. The fourth-order valence-electron chi connectivity index (χ4n) is 1.31. The van der Waals surface area contributed by atoms with Gasteiger partial charge in [0.1, 0.15) is 0 Å². The molecular weight excluding hydrogens is 198 g/mol. The summed E-state index contributed by atoms with van der Waals surface area (Å²) in [5, 5.41) is 0. The number of alkyl halides is 1. The topological polar surface area (TPSA) is 12.5 Å². The third-order valence-corrected chi connectivity index (χ3v) is 2.51. The van der Waals surface area contributed by atoms with Gasteiger partial charge < -0.3 is 9.64 Å². The normalized spacial score (nSPS) is 11.1. The third-order valence-electron chi connectivity index (χ3n) is 2.24. The van der Waals surface area contributed by atoms with Gasteiger partial charge in [-0.2, -0.15) is 0 Å². The van der Waals surface area contributed by atoms with Crippen LogP contribution in [-0.2, 0) is 4.74 Å². The maximum absolute atomic E-state index is 5.60. The van der Waals surface area contributed by atoms with Gasteiger partial charge in [0, 0.05) is 19.0 Å².